The first-order chi connectivity index (χ1) is 23.1. The van der Waals surface area contributed by atoms with E-state index in [1.807, 2.05) is 25.1 Å². The Morgan fingerprint density at radius 3 is 2.54 bits per heavy atom. The van der Waals surface area contributed by atoms with Gasteiger partial charge in [0.05, 0.1) is 27.5 Å². The summed E-state index contributed by atoms with van der Waals surface area (Å²) in [5.74, 6) is -2.40. The molecule has 0 spiro atoms. The number of carbonyl (C=O) groups is 3. The average molecular weight is 703 g/mol. The Bertz CT molecular complexity index is 2080. The Kier molecular flexibility index (Phi) is 7.46. The average Bonchev–Trinajstić information content (AvgIpc) is 3.79. The number of imide groups is 1. The number of ether oxygens (including phenoxy) is 1. The first kappa shape index (κ1) is 30.8. The van der Waals surface area contributed by atoms with Gasteiger partial charge in [0.15, 0.2) is 6.61 Å². The third kappa shape index (κ3) is 4.94. The van der Waals surface area contributed by atoms with E-state index in [2.05, 4.69) is 10.3 Å². The van der Waals surface area contributed by atoms with Crippen LogP contribution in [-0.4, -0.2) is 39.5 Å². The zero-order valence-electron chi connectivity index (χ0n) is 25.3. The lowest BCUT2D eigenvalue weighted by Gasteiger charge is -2.43. The van der Waals surface area contributed by atoms with Crippen molar-refractivity contribution in [1.29, 1.82) is 0 Å². The van der Waals surface area contributed by atoms with Gasteiger partial charge in [0.25, 0.3) is 11.6 Å². The summed E-state index contributed by atoms with van der Waals surface area (Å²) in [6.07, 6.45) is 0.675. The molecular weight excluding hydrogens is 676 g/mol. The quantitative estimate of drug-likeness (QED) is 0.135. The Balaban J connectivity index is 1.13. The van der Waals surface area contributed by atoms with E-state index in [4.69, 9.17) is 16.3 Å². The smallest absolute Gasteiger partial charge is 0.305 e. The van der Waals surface area contributed by atoms with E-state index in [0.717, 1.165) is 26.8 Å². The second-order valence-electron chi connectivity index (χ2n) is 12.6. The van der Waals surface area contributed by atoms with Gasteiger partial charge in [0.1, 0.15) is 5.75 Å². The molecule has 2 aliphatic heterocycles. The van der Waals surface area contributed by atoms with Crippen LogP contribution in [-0.2, 0) is 14.4 Å². The Hall–Kier alpha value is -4.46. The lowest BCUT2D eigenvalue weighted by Crippen LogP contribution is -2.42. The molecule has 7 atom stereocenters. The minimum absolute atomic E-state index is 0.0796. The summed E-state index contributed by atoms with van der Waals surface area (Å²) in [7, 11) is 0. The third-order valence-electron chi connectivity index (χ3n) is 10.0. The second-order valence-corrected chi connectivity index (χ2v) is 15.3. The first-order valence-corrected chi connectivity index (χ1v) is 17.5. The van der Waals surface area contributed by atoms with Crippen LogP contribution in [0.15, 0.2) is 76.6 Å². The SMILES string of the molecule is Cc1cccc(NC(=O)COc2ccc(Cl)cc2[C@H]2c3sc(=O)[nH]c3SC3C2[C@H]2C[C@@H]3C3C(=O)N(c4ccc([N+](=O)[O-])cc4)C(=O)C32)c1. The van der Waals surface area contributed by atoms with Crippen molar-refractivity contribution in [2.45, 2.75) is 29.5 Å². The van der Waals surface area contributed by atoms with E-state index in [1.165, 1.54) is 29.2 Å². The Morgan fingerprint density at radius 2 is 1.81 bits per heavy atom. The van der Waals surface area contributed by atoms with E-state index in [0.29, 0.717) is 34.1 Å². The number of nitro groups is 1. The highest BCUT2D eigenvalue weighted by molar-refractivity contribution is 8.00. The third-order valence-corrected chi connectivity index (χ3v) is 12.8. The predicted octanol–water partition coefficient (Wildman–Crippen LogP) is 6.00. The molecule has 244 valence electrons. The molecule has 2 saturated carbocycles. The van der Waals surface area contributed by atoms with Crippen molar-refractivity contribution in [3.63, 3.8) is 0 Å². The minimum Gasteiger partial charge on any atom is -0.483 e. The number of halogens is 1. The number of thioether (sulfide) groups is 1. The maximum absolute atomic E-state index is 14.1. The number of nitro benzene ring substituents is 1. The van der Waals surface area contributed by atoms with Crippen LogP contribution in [0.2, 0.25) is 5.02 Å². The number of thiazole rings is 1. The topological polar surface area (TPSA) is 152 Å². The standard InChI is InChI=1S/C34H27ClN4O7S2/c1-15-3-2-4-17(11-15)36-24(40)14-46-23-10-5-16(35)12-20(23)25-26-21-13-22(29(26)47-31-30(25)48-34(43)37-31)28-27(21)32(41)38(33(28)42)18-6-8-19(9-7-18)39(44)45/h2-12,21-22,25-29H,13-14H2,1H3,(H,36,40)(H,37,43)/t21-,22-,25-,26?,27?,28?,29?/m1/s1. The summed E-state index contributed by atoms with van der Waals surface area (Å²) in [5.41, 5.74) is 2.56. The lowest BCUT2D eigenvalue weighted by molar-refractivity contribution is -0.384. The fraction of sp³-hybridized carbons (Fsp3) is 0.294. The van der Waals surface area contributed by atoms with E-state index in [9.17, 15) is 29.3 Å². The van der Waals surface area contributed by atoms with Crippen molar-refractivity contribution in [2.24, 2.45) is 29.6 Å². The fourth-order valence-corrected chi connectivity index (χ4v) is 11.4. The molecule has 14 heteroatoms. The molecule has 4 unspecified atom stereocenters. The summed E-state index contributed by atoms with van der Waals surface area (Å²) in [6, 6.07) is 18.1. The number of nitrogens with one attached hydrogen (secondary N) is 2. The minimum atomic E-state index is -0.567. The molecule has 3 aromatic carbocycles. The molecule has 48 heavy (non-hydrogen) atoms. The van der Waals surface area contributed by atoms with Gasteiger partial charge in [-0.3, -0.25) is 34.2 Å². The van der Waals surface area contributed by atoms with Crippen molar-refractivity contribution in [3.05, 3.63) is 108 Å². The van der Waals surface area contributed by atoms with Crippen molar-refractivity contribution in [1.82, 2.24) is 4.98 Å². The van der Waals surface area contributed by atoms with Crippen LogP contribution in [0.4, 0.5) is 17.1 Å². The maximum atomic E-state index is 14.1. The number of anilines is 2. The maximum Gasteiger partial charge on any atom is 0.305 e. The number of hydrogen-bond donors (Lipinski definition) is 2. The molecule has 4 aromatic rings. The monoisotopic (exact) mass is 702 g/mol. The molecule has 0 radical (unpaired) electrons. The Morgan fingerprint density at radius 1 is 1.06 bits per heavy atom. The van der Waals surface area contributed by atoms with Crippen LogP contribution in [0.25, 0.3) is 0 Å². The molecule has 2 bridgehead atoms. The van der Waals surface area contributed by atoms with Crippen LogP contribution in [0, 0.1) is 46.6 Å². The molecule has 3 fully saturated rings. The number of hydrogen-bond acceptors (Lipinski definition) is 9. The number of aryl methyl sites for hydroxylation is 1. The zero-order chi connectivity index (χ0) is 33.4. The summed E-state index contributed by atoms with van der Waals surface area (Å²) in [4.78, 5) is 69.1. The first-order valence-electron chi connectivity index (χ1n) is 15.4. The molecule has 4 aliphatic rings. The summed E-state index contributed by atoms with van der Waals surface area (Å²) >= 11 is 9.24. The van der Waals surface area contributed by atoms with Crippen LogP contribution in [0.5, 0.6) is 5.75 Å². The number of aromatic nitrogens is 1. The van der Waals surface area contributed by atoms with Gasteiger partial charge >= 0.3 is 4.87 Å². The van der Waals surface area contributed by atoms with Crippen LogP contribution < -0.4 is 19.8 Å². The lowest BCUT2D eigenvalue weighted by atomic mass is 9.68. The predicted molar refractivity (Wildman–Crippen MR) is 181 cm³/mol. The van der Waals surface area contributed by atoms with E-state index < -0.39 is 16.8 Å². The van der Waals surface area contributed by atoms with Gasteiger partial charge in [0.2, 0.25) is 11.8 Å². The number of non-ortho nitro benzene ring substituents is 1. The van der Waals surface area contributed by atoms with E-state index >= 15 is 0 Å². The number of amides is 3. The normalized spacial score (nSPS) is 26.6. The molecule has 2 N–H and O–H groups in total. The van der Waals surface area contributed by atoms with E-state index in [-0.39, 0.29) is 63.8 Å². The summed E-state index contributed by atoms with van der Waals surface area (Å²) < 4.78 is 6.15. The number of nitrogens with zero attached hydrogens (tertiary/aromatic N) is 2. The van der Waals surface area contributed by atoms with Crippen LogP contribution >= 0.6 is 34.7 Å². The van der Waals surface area contributed by atoms with Gasteiger partial charge in [0, 0.05) is 44.5 Å². The number of carbonyl (C=O) groups excluding carboxylic acids is 3. The molecule has 8 rings (SSSR count). The van der Waals surface area contributed by atoms with E-state index in [1.54, 1.807) is 36.0 Å². The van der Waals surface area contributed by atoms with Crippen LogP contribution in [0.3, 0.4) is 0 Å². The number of aromatic amines is 1. The van der Waals surface area contributed by atoms with Gasteiger partial charge in [-0.1, -0.05) is 35.1 Å². The molecular formula is C34H27ClN4O7S2. The van der Waals surface area contributed by atoms with Gasteiger partial charge in [-0.25, -0.2) is 0 Å². The second kappa shape index (κ2) is 11.6. The zero-order valence-corrected chi connectivity index (χ0v) is 27.6. The van der Waals surface area contributed by atoms with Crippen molar-refractivity contribution in [3.8, 4) is 5.75 Å². The fourth-order valence-electron chi connectivity index (χ4n) is 8.30. The van der Waals surface area contributed by atoms with Gasteiger partial charge in [-0.2, -0.15) is 0 Å². The van der Waals surface area contributed by atoms with Gasteiger partial charge in [-0.05, 0) is 79.1 Å². The van der Waals surface area contributed by atoms with Crippen molar-refractivity contribution in [2.75, 3.05) is 16.8 Å². The number of fused-ring (bicyclic) bond motifs is 9. The van der Waals surface area contributed by atoms with Gasteiger partial charge < -0.3 is 15.0 Å². The Labute approximate surface area is 286 Å². The molecule has 1 saturated heterocycles. The number of H-pyrrole nitrogens is 1. The summed E-state index contributed by atoms with van der Waals surface area (Å²) in [6.45, 7) is 1.67. The highest BCUT2D eigenvalue weighted by atomic mass is 35.5. The van der Waals surface area contributed by atoms with Crippen molar-refractivity contribution >= 4 is 69.5 Å². The molecule has 3 amide bonds. The number of rotatable bonds is 7. The van der Waals surface area contributed by atoms with Crippen molar-refractivity contribution < 1.29 is 24.0 Å². The summed E-state index contributed by atoms with van der Waals surface area (Å²) in [5, 5.41) is 15.2. The highest BCUT2D eigenvalue weighted by Crippen LogP contribution is 2.69. The number of benzene rings is 3. The largest absolute Gasteiger partial charge is 0.483 e. The molecule has 11 nitrogen and oxygen atoms in total. The van der Waals surface area contributed by atoms with Crippen LogP contribution in [0.1, 0.15) is 28.3 Å². The molecule has 1 aromatic heterocycles. The van der Waals surface area contributed by atoms with Gasteiger partial charge in [-0.15, -0.1) is 11.8 Å². The molecule has 3 heterocycles. The highest BCUT2D eigenvalue weighted by Gasteiger charge is 2.70. The molecule has 2 aliphatic carbocycles.